The summed E-state index contributed by atoms with van der Waals surface area (Å²) in [5, 5.41) is 0. The summed E-state index contributed by atoms with van der Waals surface area (Å²) < 4.78 is 0. The summed E-state index contributed by atoms with van der Waals surface area (Å²) in [5.74, 6) is 1.32. The zero-order valence-electron chi connectivity index (χ0n) is 14.1. The minimum absolute atomic E-state index is 0.389. The number of piperazine rings is 1. The highest BCUT2D eigenvalue weighted by Crippen LogP contribution is 2.25. The normalized spacial score (nSPS) is 25.2. The average Bonchev–Trinajstić information content (AvgIpc) is 3.21. The van der Waals surface area contributed by atoms with Crippen LogP contribution in [0.5, 0.6) is 0 Å². The first-order chi connectivity index (χ1) is 10.8. The highest BCUT2D eigenvalue weighted by Gasteiger charge is 2.24. The number of rotatable bonds is 6. The number of carbonyl (C=O) groups is 1. The summed E-state index contributed by atoms with van der Waals surface area (Å²) in [6, 6.07) is 0. The van der Waals surface area contributed by atoms with Gasteiger partial charge in [-0.15, -0.1) is 0 Å². The third-order valence-corrected chi connectivity index (χ3v) is 5.78. The molecule has 0 aromatic rings. The Hall–Kier alpha value is -0.610. The quantitative estimate of drug-likeness (QED) is 0.753. The van der Waals surface area contributed by atoms with Gasteiger partial charge in [0.2, 0.25) is 5.91 Å². The van der Waals surface area contributed by atoms with Crippen LogP contribution in [0.4, 0.5) is 0 Å². The van der Waals surface area contributed by atoms with E-state index in [4.69, 9.17) is 0 Å². The lowest BCUT2D eigenvalue weighted by Gasteiger charge is -2.36. The van der Waals surface area contributed by atoms with Crippen molar-refractivity contribution in [3.8, 4) is 0 Å². The topological polar surface area (TPSA) is 26.8 Å². The van der Waals surface area contributed by atoms with Crippen LogP contribution in [0.3, 0.4) is 0 Å². The van der Waals surface area contributed by atoms with Gasteiger partial charge in [0.1, 0.15) is 0 Å². The fourth-order valence-electron chi connectivity index (χ4n) is 4.36. The van der Waals surface area contributed by atoms with Crippen molar-refractivity contribution in [2.75, 3.05) is 52.4 Å². The van der Waals surface area contributed by atoms with Crippen molar-refractivity contribution in [2.45, 2.75) is 51.4 Å². The molecule has 0 atom stereocenters. The van der Waals surface area contributed by atoms with Crippen molar-refractivity contribution >= 4 is 5.91 Å². The molecule has 0 bridgehead atoms. The fraction of sp³-hybridized carbons (Fsp3) is 0.944. The minimum Gasteiger partial charge on any atom is -0.340 e. The van der Waals surface area contributed by atoms with Gasteiger partial charge in [-0.1, -0.05) is 12.8 Å². The van der Waals surface area contributed by atoms with Gasteiger partial charge in [-0.05, 0) is 57.7 Å². The van der Waals surface area contributed by atoms with Gasteiger partial charge in [-0.3, -0.25) is 9.69 Å². The maximum absolute atomic E-state index is 12.3. The molecule has 4 heteroatoms. The molecule has 22 heavy (non-hydrogen) atoms. The molecule has 0 unspecified atom stereocenters. The molecule has 2 saturated heterocycles. The molecule has 1 aliphatic carbocycles. The lowest BCUT2D eigenvalue weighted by atomic mass is 10.1. The van der Waals surface area contributed by atoms with Crippen LogP contribution < -0.4 is 0 Å². The van der Waals surface area contributed by atoms with Gasteiger partial charge in [0, 0.05) is 39.1 Å². The number of carbonyl (C=O) groups excluding carboxylic acids is 1. The van der Waals surface area contributed by atoms with E-state index < -0.39 is 0 Å². The minimum atomic E-state index is 0.389. The highest BCUT2D eigenvalue weighted by atomic mass is 16.2. The molecule has 126 valence electrons. The molecule has 3 rings (SSSR count). The molecule has 1 saturated carbocycles. The molecule has 4 nitrogen and oxygen atoms in total. The molecule has 3 aliphatic rings. The number of likely N-dealkylation sites (tertiary alicyclic amines) is 1. The maximum Gasteiger partial charge on any atom is 0.222 e. The molecule has 1 amide bonds. The van der Waals surface area contributed by atoms with E-state index in [1.807, 2.05) is 0 Å². The molecule has 2 heterocycles. The molecule has 0 N–H and O–H groups in total. The zero-order valence-corrected chi connectivity index (χ0v) is 14.1. The second kappa shape index (κ2) is 8.30. The van der Waals surface area contributed by atoms with Crippen LogP contribution in [-0.2, 0) is 4.79 Å². The molecular weight excluding hydrogens is 274 g/mol. The van der Waals surface area contributed by atoms with Crippen molar-refractivity contribution < 1.29 is 4.79 Å². The Kier molecular flexibility index (Phi) is 6.13. The summed E-state index contributed by atoms with van der Waals surface area (Å²) in [6.45, 7) is 8.97. The summed E-state index contributed by atoms with van der Waals surface area (Å²) >= 11 is 0. The first-order valence-electron chi connectivity index (χ1n) is 9.54. The number of nitrogens with zero attached hydrogens (tertiary/aromatic N) is 3. The van der Waals surface area contributed by atoms with Gasteiger partial charge in [0.15, 0.2) is 0 Å². The molecule has 0 aromatic heterocycles. The fourth-order valence-corrected chi connectivity index (χ4v) is 4.36. The van der Waals surface area contributed by atoms with E-state index in [2.05, 4.69) is 14.7 Å². The Morgan fingerprint density at radius 2 is 1.50 bits per heavy atom. The predicted molar refractivity (Wildman–Crippen MR) is 89.9 cm³/mol. The van der Waals surface area contributed by atoms with Crippen molar-refractivity contribution in [1.82, 2.24) is 14.7 Å². The highest BCUT2D eigenvalue weighted by molar-refractivity contribution is 5.76. The zero-order chi connectivity index (χ0) is 15.2. The Bertz CT molecular complexity index is 340. The maximum atomic E-state index is 12.3. The van der Waals surface area contributed by atoms with Crippen LogP contribution in [0.15, 0.2) is 0 Å². The van der Waals surface area contributed by atoms with E-state index in [1.54, 1.807) is 0 Å². The molecule has 2 aliphatic heterocycles. The van der Waals surface area contributed by atoms with E-state index in [1.165, 1.54) is 58.2 Å². The van der Waals surface area contributed by atoms with Gasteiger partial charge in [0.25, 0.3) is 0 Å². The molecule has 3 fully saturated rings. The van der Waals surface area contributed by atoms with Crippen molar-refractivity contribution in [1.29, 1.82) is 0 Å². The summed E-state index contributed by atoms with van der Waals surface area (Å²) in [5.41, 5.74) is 0. The van der Waals surface area contributed by atoms with E-state index in [0.29, 0.717) is 5.91 Å². The molecule has 0 spiro atoms. The van der Waals surface area contributed by atoms with Crippen LogP contribution in [0.1, 0.15) is 51.4 Å². The monoisotopic (exact) mass is 307 g/mol. The molecular formula is C18H33N3O. The lowest BCUT2D eigenvalue weighted by Crippen LogP contribution is -2.49. The predicted octanol–water partition coefficient (Wildman–Crippen LogP) is 2.20. The van der Waals surface area contributed by atoms with Crippen LogP contribution in [0.25, 0.3) is 0 Å². The van der Waals surface area contributed by atoms with Gasteiger partial charge < -0.3 is 9.80 Å². The third kappa shape index (κ3) is 4.69. The first-order valence-corrected chi connectivity index (χ1v) is 9.54. The number of hydrogen-bond donors (Lipinski definition) is 0. The van der Waals surface area contributed by atoms with Crippen LogP contribution in [0, 0.1) is 5.92 Å². The van der Waals surface area contributed by atoms with Crippen LogP contribution >= 0.6 is 0 Å². The Balaban J connectivity index is 1.29. The summed E-state index contributed by atoms with van der Waals surface area (Å²) in [6.07, 6.45) is 10.2. The Morgan fingerprint density at radius 3 is 2.18 bits per heavy atom. The standard InChI is InChI=1S/C18H33N3O/c22-18(8-5-11-19-9-3-4-10-19)21-14-12-20(13-15-21)16-17-6-1-2-7-17/h17H,1-16H2. The SMILES string of the molecule is O=C(CCCN1CCCC1)N1CCN(CC2CCCC2)CC1. The van der Waals surface area contributed by atoms with Gasteiger partial charge in [-0.2, -0.15) is 0 Å². The van der Waals surface area contributed by atoms with Gasteiger partial charge in [0.05, 0.1) is 0 Å². The first kappa shape index (κ1) is 16.3. The van der Waals surface area contributed by atoms with Crippen molar-refractivity contribution in [3.63, 3.8) is 0 Å². The Labute approximate surface area is 135 Å². The van der Waals surface area contributed by atoms with Gasteiger partial charge in [-0.25, -0.2) is 0 Å². The van der Waals surface area contributed by atoms with E-state index in [-0.39, 0.29) is 0 Å². The molecule has 0 aromatic carbocycles. The largest absolute Gasteiger partial charge is 0.340 e. The second-order valence-electron chi connectivity index (χ2n) is 7.48. The Morgan fingerprint density at radius 1 is 0.818 bits per heavy atom. The summed E-state index contributed by atoms with van der Waals surface area (Å²) in [7, 11) is 0. The average molecular weight is 307 g/mol. The van der Waals surface area contributed by atoms with E-state index >= 15 is 0 Å². The van der Waals surface area contributed by atoms with E-state index in [0.717, 1.165) is 51.5 Å². The third-order valence-electron chi connectivity index (χ3n) is 5.78. The second-order valence-corrected chi connectivity index (χ2v) is 7.48. The number of hydrogen-bond acceptors (Lipinski definition) is 3. The van der Waals surface area contributed by atoms with Crippen LogP contribution in [0.2, 0.25) is 0 Å². The summed E-state index contributed by atoms with van der Waals surface area (Å²) in [4.78, 5) is 19.5. The molecule has 0 radical (unpaired) electrons. The van der Waals surface area contributed by atoms with E-state index in [9.17, 15) is 4.79 Å². The number of amides is 1. The van der Waals surface area contributed by atoms with Crippen molar-refractivity contribution in [2.24, 2.45) is 5.92 Å². The lowest BCUT2D eigenvalue weighted by molar-refractivity contribution is -0.133. The van der Waals surface area contributed by atoms with Gasteiger partial charge >= 0.3 is 0 Å². The van der Waals surface area contributed by atoms with Crippen molar-refractivity contribution in [3.05, 3.63) is 0 Å². The smallest absolute Gasteiger partial charge is 0.222 e. The van der Waals surface area contributed by atoms with Crippen LogP contribution in [-0.4, -0.2) is 73.0 Å².